The first kappa shape index (κ1) is 10.3. The topological polar surface area (TPSA) is 41.1 Å². The molecule has 2 N–H and O–H groups in total. The van der Waals surface area contributed by atoms with E-state index in [2.05, 4.69) is 10.6 Å². The molecule has 2 aliphatic rings. The Bertz CT molecular complexity index is 478. The van der Waals surface area contributed by atoms with E-state index in [1.807, 2.05) is 54.6 Å². The third-order valence-corrected chi connectivity index (χ3v) is 3.22. The minimum absolute atomic E-state index is 0.0834. The lowest BCUT2D eigenvalue weighted by atomic mass is 9.91. The van der Waals surface area contributed by atoms with Gasteiger partial charge >= 0.3 is 0 Å². The van der Waals surface area contributed by atoms with Crippen molar-refractivity contribution in [3.8, 4) is 0 Å². The minimum Gasteiger partial charge on any atom is -0.336 e. The van der Waals surface area contributed by atoms with Gasteiger partial charge in [0, 0.05) is 6.04 Å². The molecule has 1 amide bonds. The molecule has 3 atom stereocenters. The van der Waals surface area contributed by atoms with Gasteiger partial charge in [-0.25, -0.2) is 0 Å². The van der Waals surface area contributed by atoms with Crippen LogP contribution < -0.4 is 10.6 Å². The summed E-state index contributed by atoms with van der Waals surface area (Å²) in [5, 5.41) is 6.43. The third kappa shape index (κ3) is 1.89. The number of hydrogen-bond acceptors (Lipinski definition) is 2. The van der Waals surface area contributed by atoms with E-state index in [-0.39, 0.29) is 24.0 Å². The maximum atomic E-state index is 12.0. The number of carbonyl (C=O) groups excluding carboxylic acids is 1. The zero-order valence-electron chi connectivity index (χ0n) is 9.34. The van der Waals surface area contributed by atoms with Gasteiger partial charge in [0.15, 0.2) is 0 Å². The Balaban J connectivity index is 1.85. The van der Waals surface area contributed by atoms with Crippen molar-refractivity contribution in [1.29, 1.82) is 0 Å². The lowest BCUT2D eigenvalue weighted by Gasteiger charge is -2.36. The van der Waals surface area contributed by atoms with Gasteiger partial charge in [0.25, 0.3) is 0 Å². The highest BCUT2D eigenvalue weighted by Crippen LogP contribution is 2.22. The maximum Gasteiger partial charge on any atom is 0.230 e. The van der Waals surface area contributed by atoms with E-state index in [9.17, 15) is 4.79 Å². The molecule has 3 rings (SSSR count). The molecule has 0 bridgehead atoms. The van der Waals surface area contributed by atoms with Gasteiger partial charge in [-0.3, -0.25) is 10.1 Å². The molecule has 0 aromatic heterocycles. The first-order valence-electron chi connectivity index (χ1n) is 5.81. The molecule has 86 valence electrons. The summed E-state index contributed by atoms with van der Waals surface area (Å²) in [5.41, 5.74) is 1.09. The van der Waals surface area contributed by atoms with Crippen molar-refractivity contribution in [2.24, 2.45) is 5.92 Å². The number of carbonyl (C=O) groups is 1. The van der Waals surface area contributed by atoms with Crippen LogP contribution in [0.1, 0.15) is 11.7 Å². The molecule has 0 saturated carbocycles. The second-order valence-electron chi connectivity index (χ2n) is 4.34. The number of hydrogen-bond donors (Lipinski definition) is 2. The molecule has 3 unspecified atom stereocenters. The summed E-state index contributed by atoms with van der Waals surface area (Å²) in [6, 6.07) is 10.1. The average Bonchev–Trinajstić information content (AvgIpc) is 2.40. The van der Waals surface area contributed by atoms with Crippen molar-refractivity contribution in [3.63, 3.8) is 0 Å². The maximum absolute atomic E-state index is 12.0. The molecular formula is C14H14N2O. The summed E-state index contributed by atoms with van der Waals surface area (Å²) in [4.78, 5) is 12.0. The van der Waals surface area contributed by atoms with E-state index in [0.717, 1.165) is 5.56 Å². The molecule has 3 nitrogen and oxygen atoms in total. The zero-order chi connectivity index (χ0) is 11.7. The van der Waals surface area contributed by atoms with Crippen molar-refractivity contribution in [2.75, 3.05) is 0 Å². The summed E-state index contributed by atoms with van der Waals surface area (Å²) < 4.78 is 0. The number of amides is 1. The largest absolute Gasteiger partial charge is 0.336 e. The number of allylic oxidation sites excluding steroid dienone is 2. The van der Waals surface area contributed by atoms with Crippen molar-refractivity contribution in [1.82, 2.24) is 10.6 Å². The molecule has 0 radical (unpaired) electrons. The number of nitrogens with one attached hydrogen (secondary N) is 2. The highest BCUT2D eigenvalue weighted by Gasteiger charge is 2.34. The van der Waals surface area contributed by atoms with Gasteiger partial charge in [-0.05, 0) is 5.56 Å². The third-order valence-electron chi connectivity index (χ3n) is 3.22. The second-order valence-corrected chi connectivity index (χ2v) is 4.34. The fourth-order valence-electron chi connectivity index (χ4n) is 2.31. The van der Waals surface area contributed by atoms with Crippen molar-refractivity contribution >= 4 is 5.91 Å². The molecule has 1 aliphatic heterocycles. The Labute approximate surface area is 100 Å². The van der Waals surface area contributed by atoms with E-state index in [0.29, 0.717) is 0 Å². The van der Waals surface area contributed by atoms with E-state index >= 15 is 0 Å². The highest BCUT2D eigenvalue weighted by molar-refractivity contribution is 5.83. The second kappa shape index (κ2) is 4.18. The van der Waals surface area contributed by atoms with Crippen molar-refractivity contribution in [3.05, 3.63) is 60.2 Å². The lowest BCUT2D eigenvalue weighted by Crippen LogP contribution is -2.55. The van der Waals surface area contributed by atoms with Crippen LogP contribution in [0.3, 0.4) is 0 Å². The molecule has 1 aromatic carbocycles. The summed E-state index contributed by atoms with van der Waals surface area (Å²) in [6.07, 6.45) is 7.79. The van der Waals surface area contributed by atoms with Gasteiger partial charge in [0.1, 0.15) is 6.17 Å². The first-order chi connectivity index (χ1) is 8.34. The van der Waals surface area contributed by atoms with Crippen LogP contribution in [0.4, 0.5) is 0 Å². The van der Waals surface area contributed by atoms with Gasteiger partial charge in [0.05, 0.1) is 5.92 Å². The van der Waals surface area contributed by atoms with E-state index in [1.165, 1.54) is 0 Å². The minimum atomic E-state index is -0.0962. The van der Waals surface area contributed by atoms with E-state index < -0.39 is 0 Å². The smallest absolute Gasteiger partial charge is 0.230 e. The molecule has 3 heteroatoms. The highest BCUT2D eigenvalue weighted by atomic mass is 16.2. The Morgan fingerprint density at radius 3 is 2.59 bits per heavy atom. The Morgan fingerprint density at radius 1 is 1.00 bits per heavy atom. The van der Waals surface area contributed by atoms with Gasteiger partial charge in [-0.1, -0.05) is 54.6 Å². The van der Waals surface area contributed by atoms with Gasteiger partial charge in [-0.2, -0.15) is 0 Å². The number of benzene rings is 1. The van der Waals surface area contributed by atoms with Crippen LogP contribution in [0, 0.1) is 5.92 Å². The molecule has 1 fully saturated rings. The van der Waals surface area contributed by atoms with Gasteiger partial charge in [0.2, 0.25) is 5.91 Å². The lowest BCUT2D eigenvalue weighted by molar-refractivity contribution is -0.127. The van der Waals surface area contributed by atoms with Crippen LogP contribution >= 0.6 is 0 Å². The van der Waals surface area contributed by atoms with Gasteiger partial charge < -0.3 is 5.32 Å². The SMILES string of the molecule is O=C1NC(c2ccccc2)NC2C=CC=CC12. The van der Waals surface area contributed by atoms with Crippen LogP contribution in [0.5, 0.6) is 0 Å². The van der Waals surface area contributed by atoms with Crippen molar-refractivity contribution in [2.45, 2.75) is 12.2 Å². The summed E-state index contributed by atoms with van der Waals surface area (Å²) in [7, 11) is 0. The quantitative estimate of drug-likeness (QED) is 0.762. The molecule has 0 spiro atoms. The van der Waals surface area contributed by atoms with Crippen LogP contribution in [-0.2, 0) is 4.79 Å². The Hall–Kier alpha value is -1.87. The predicted octanol–water partition coefficient (Wildman–Crippen LogP) is 1.52. The normalized spacial score (nSPS) is 30.8. The standard InChI is InChI=1S/C14H14N2O/c17-14-11-8-4-5-9-12(11)15-13(16-14)10-6-2-1-3-7-10/h1-9,11-13,15H,(H,16,17). The zero-order valence-corrected chi connectivity index (χ0v) is 9.34. The van der Waals surface area contributed by atoms with Gasteiger partial charge in [-0.15, -0.1) is 0 Å². The molecule has 17 heavy (non-hydrogen) atoms. The molecular weight excluding hydrogens is 212 g/mol. The molecule has 1 heterocycles. The first-order valence-corrected chi connectivity index (χ1v) is 5.81. The summed E-state index contributed by atoms with van der Waals surface area (Å²) in [6.45, 7) is 0. The number of rotatable bonds is 1. The fourth-order valence-corrected chi connectivity index (χ4v) is 2.31. The van der Waals surface area contributed by atoms with Crippen LogP contribution in [0.25, 0.3) is 0 Å². The number of fused-ring (bicyclic) bond motifs is 1. The summed E-state index contributed by atoms with van der Waals surface area (Å²) >= 11 is 0. The molecule has 1 aromatic rings. The van der Waals surface area contributed by atoms with Crippen molar-refractivity contribution < 1.29 is 4.79 Å². The predicted molar refractivity (Wildman–Crippen MR) is 66.0 cm³/mol. The fraction of sp³-hybridized carbons (Fsp3) is 0.214. The van der Waals surface area contributed by atoms with Crippen LogP contribution in [-0.4, -0.2) is 11.9 Å². The molecule has 1 saturated heterocycles. The average molecular weight is 226 g/mol. The molecule has 1 aliphatic carbocycles. The van der Waals surface area contributed by atoms with E-state index in [4.69, 9.17) is 0 Å². The van der Waals surface area contributed by atoms with Crippen LogP contribution in [0.2, 0.25) is 0 Å². The Kier molecular flexibility index (Phi) is 2.53. The van der Waals surface area contributed by atoms with E-state index in [1.54, 1.807) is 0 Å². The summed E-state index contributed by atoms with van der Waals surface area (Å²) in [5.74, 6) is 0.00293. The monoisotopic (exact) mass is 226 g/mol. The van der Waals surface area contributed by atoms with Crippen LogP contribution in [0.15, 0.2) is 54.6 Å². The Morgan fingerprint density at radius 2 is 1.76 bits per heavy atom.